The van der Waals surface area contributed by atoms with Crippen molar-refractivity contribution in [1.82, 2.24) is 15.2 Å². The van der Waals surface area contributed by atoms with Gasteiger partial charge in [0.2, 0.25) is 5.91 Å². The molecular weight excluding hydrogens is 240 g/mol. The van der Waals surface area contributed by atoms with Crippen LogP contribution in [0.1, 0.15) is 11.3 Å². The Morgan fingerprint density at radius 1 is 1.32 bits per heavy atom. The Morgan fingerprint density at radius 3 is 3.00 bits per heavy atom. The molecule has 0 bridgehead atoms. The van der Waals surface area contributed by atoms with Crippen LogP contribution in [0.5, 0.6) is 0 Å². The SMILES string of the molecule is Cc1cc(NC(=O)Cc2ccc3cc[nH]c3c2)n[nH]1. The quantitative estimate of drug-likeness (QED) is 0.671. The maximum Gasteiger partial charge on any atom is 0.229 e. The van der Waals surface area contributed by atoms with Crippen molar-refractivity contribution in [2.24, 2.45) is 0 Å². The third-order valence-electron chi connectivity index (χ3n) is 2.96. The van der Waals surface area contributed by atoms with Crippen LogP contribution in [0.15, 0.2) is 36.5 Å². The van der Waals surface area contributed by atoms with E-state index >= 15 is 0 Å². The van der Waals surface area contributed by atoms with E-state index in [1.165, 1.54) is 0 Å². The van der Waals surface area contributed by atoms with E-state index in [-0.39, 0.29) is 5.91 Å². The number of anilines is 1. The molecule has 5 heteroatoms. The van der Waals surface area contributed by atoms with Crippen molar-refractivity contribution in [3.63, 3.8) is 0 Å². The summed E-state index contributed by atoms with van der Waals surface area (Å²) in [5.74, 6) is 0.487. The van der Waals surface area contributed by atoms with E-state index in [1.54, 1.807) is 6.07 Å². The number of carbonyl (C=O) groups is 1. The summed E-state index contributed by atoms with van der Waals surface area (Å²) in [6.07, 6.45) is 2.22. The predicted molar refractivity (Wildman–Crippen MR) is 74.0 cm³/mol. The Kier molecular flexibility index (Phi) is 2.79. The summed E-state index contributed by atoms with van der Waals surface area (Å²) in [6.45, 7) is 1.89. The number of H-pyrrole nitrogens is 2. The van der Waals surface area contributed by atoms with Gasteiger partial charge in [0.1, 0.15) is 0 Å². The Labute approximate surface area is 110 Å². The van der Waals surface area contributed by atoms with Gasteiger partial charge in [-0.3, -0.25) is 9.89 Å². The fourth-order valence-electron chi connectivity index (χ4n) is 2.06. The van der Waals surface area contributed by atoms with Crippen LogP contribution in [-0.4, -0.2) is 21.1 Å². The second kappa shape index (κ2) is 4.61. The molecule has 1 amide bonds. The number of amides is 1. The molecule has 3 aromatic rings. The van der Waals surface area contributed by atoms with Crippen molar-refractivity contribution < 1.29 is 4.79 Å². The summed E-state index contributed by atoms with van der Waals surface area (Å²) < 4.78 is 0. The van der Waals surface area contributed by atoms with E-state index in [4.69, 9.17) is 0 Å². The summed E-state index contributed by atoms with van der Waals surface area (Å²) in [6, 6.07) is 9.77. The molecule has 2 aromatic heterocycles. The number of fused-ring (bicyclic) bond motifs is 1. The van der Waals surface area contributed by atoms with Crippen molar-refractivity contribution in [2.45, 2.75) is 13.3 Å². The fraction of sp³-hybridized carbons (Fsp3) is 0.143. The van der Waals surface area contributed by atoms with Crippen LogP contribution in [-0.2, 0) is 11.2 Å². The van der Waals surface area contributed by atoms with Gasteiger partial charge in [-0.15, -0.1) is 0 Å². The van der Waals surface area contributed by atoms with Crippen molar-refractivity contribution in [1.29, 1.82) is 0 Å². The summed E-state index contributed by atoms with van der Waals surface area (Å²) in [4.78, 5) is 15.0. The molecule has 0 atom stereocenters. The first-order valence-corrected chi connectivity index (χ1v) is 6.08. The number of hydrogen-bond donors (Lipinski definition) is 3. The number of carbonyl (C=O) groups excluding carboxylic acids is 1. The number of rotatable bonds is 3. The minimum atomic E-state index is -0.0718. The van der Waals surface area contributed by atoms with Gasteiger partial charge in [-0.1, -0.05) is 12.1 Å². The smallest absolute Gasteiger partial charge is 0.229 e. The summed E-state index contributed by atoms with van der Waals surface area (Å²) in [5, 5.41) is 10.7. The number of aromatic nitrogens is 3. The average molecular weight is 254 g/mol. The molecule has 0 radical (unpaired) electrons. The lowest BCUT2D eigenvalue weighted by molar-refractivity contribution is -0.115. The fourth-order valence-corrected chi connectivity index (χ4v) is 2.06. The molecule has 0 aliphatic heterocycles. The van der Waals surface area contributed by atoms with Gasteiger partial charge in [0.05, 0.1) is 6.42 Å². The first-order valence-electron chi connectivity index (χ1n) is 6.08. The lowest BCUT2D eigenvalue weighted by Gasteiger charge is -2.02. The van der Waals surface area contributed by atoms with E-state index in [2.05, 4.69) is 20.5 Å². The van der Waals surface area contributed by atoms with Crippen LogP contribution < -0.4 is 5.32 Å². The molecule has 2 heterocycles. The summed E-state index contributed by atoms with van der Waals surface area (Å²) >= 11 is 0. The molecule has 3 rings (SSSR count). The highest BCUT2D eigenvalue weighted by Gasteiger charge is 2.07. The van der Waals surface area contributed by atoms with Gasteiger partial charge < -0.3 is 10.3 Å². The first kappa shape index (κ1) is 11.5. The maximum absolute atomic E-state index is 11.9. The lowest BCUT2D eigenvalue weighted by atomic mass is 10.1. The molecule has 0 saturated heterocycles. The molecule has 0 spiro atoms. The topological polar surface area (TPSA) is 73.6 Å². The van der Waals surface area contributed by atoms with Gasteiger partial charge in [0.15, 0.2) is 5.82 Å². The number of benzene rings is 1. The normalized spacial score (nSPS) is 10.8. The zero-order valence-electron chi connectivity index (χ0n) is 10.5. The van der Waals surface area contributed by atoms with Gasteiger partial charge >= 0.3 is 0 Å². The van der Waals surface area contributed by atoms with Gasteiger partial charge in [0.25, 0.3) is 0 Å². The number of aryl methyl sites for hydroxylation is 1. The largest absolute Gasteiger partial charge is 0.361 e. The molecule has 3 N–H and O–H groups in total. The van der Waals surface area contributed by atoms with Crippen LogP contribution in [0.2, 0.25) is 0 Å². The molecule has 0 unspecified atom stereocenters. The van der Waals surface area contributed by atoms with Crippen molar-refractivity contribution in [3.05, 3.63) is 47.8 Å². The predicted octanol–water partition coefficient (Wildman–Crippen LogP) is 2.38. The van der Waals surface area contributed by atoms with Gasteiger partial charge in [0, 0.05) is 23.5 Å². The van der Waals surface area contributed by atoms with Gasteiger partial charge in [-0.2, -0.15) is 5.10 Å². The molecule has 5 nitrogen and oxygen atoms in total. The molecule has 96 valence electrons. The van der Waals surface area contributed by atoms with E-state index in [0.29, 0.717) is 12.2 Å². The zero-order valence-corrected chi connectivity index (χ0v) is 10.5. The Morgan fingerprint density at radius 2 is 2.21 bits per heavy atom. The highest BCUT2D eigenvalue weighted by Crippen LogP contribution is 2.15. The lowest BCUT2D eigenvalue weighted by Crippen LogP contribution is -2.14. The molecular formula is C14H14N4O. The van der Waals surface area contributed by atoms with Crippen LogP contribution in [0.25, 0.3) is 10.9 Å². The number of aromatic amines is 2. The van der Waals surface area contributed by atoms with Crippen LogP contribution in [0, 0.1) is 6.92 Å². The molecule has 1 aromatic carbocycles. The van der Waals surface area contributed by atoms with E-state index in [0.717, 1.165) is 22.2 Å². The van der Waals surface area contributed by atoms with Gasteiger partial charge in [-0.05, 0) is 30.0 Å². The van der Waals surface area contributed by atoms with Crippen molar-refractivity contribution in [3.8, 4) is 0 Å². The third kappa shape index (κ3) is 2.49. The van der Waals surface area contributed by atoms with E-state index < -0.39 is 0 Å². The van der Waals surface area contributed by atoms with Crippen molar-refractivity contribution in [2.75, 3.05) is 5.32 Å². The summed E-state index contributed by atoms with van der Waals surface area (Å²) in [7, 11) is 0. The summed E-state index contributed by atoms with van der Waals surface area (Å²) in [5.41, 5.74) is 2.93. The van der Waals surface area contributed by atoms with Gasteiger partial charge in [-0.25, -0.2) is 0 Å². The second-order valence-corrected chi connectivity index (χ2v) is 4.56. The molecule has 0 saturated carbocycles. The van der Waals surface area contributed by atoms with E-state index in [1.807, 2.05) is 37.4 Å². The zero-order chi connectivity index (χ0) is 13.2. The van der Waals surface area contributed by atoms with Crippen molar-refractivity contribution >= 4 is 22.6 Å². The Bertz CT molecular complexity index is 726. The minimum absolute atomic E-state index is 0.0718. The molecule has 19 heavy (non-hydrogen) atoms. The maximum atomic E-state index is 11.9. The Hall–Kier alpha value is -2.56. The molecule has 0 aliphatic carbocycles. The first-order chi connectivity index (χ1) is 9.20. The van der Waals surface area contributed by atoms with E-state index in [9.17, 15) is 4.79 Å². The molecule has 0 aliphatic rings. The Balaban J connectivity index is 1.71. The standard InChI is InChI=1S/C14H14N4O/c1-9-6-13(18-17-9)16-14(19)8-10-2-3-11-4-5-15-12(11)7-10/h2-7,15H,8H2,1H3,(H2,16,17,18,19). The second-order valence-electron chi connectivity index (χ2n) is 4.56. The number of nitrogens with zero attached hydrogens (tertiary/aromatic N) is 1. The van der Waals surface area contributed by atoms with Crippen LogP contribution in [0.3, 0.4) is 0 Å². The molecule has 0 fully saturated rings. The highest BCUT2D eigenvalue weighted by molar-refractivity contribution is 5.92. The number of hydrogen-bond acceptors (Lipinski definition) is 2. The number of nitrogens with one attached hydrogen (secondary N) is 3. The van der Waals surface area contributed by atoms with Crippen LogP contribution in [0.4, 0.5) is 5.82 Å². The monoisotopic (exact) mass is 254 g/mol. The highest BCUT2D eigenvalue weighted by atomic mass is 16.1. The average Bonchev–Trinajstić information content (AvgIpc) is 2.97. The minimum Gasteiger partial charge on any atom is -0.361 e. The van der Waals surface area contributed by atoms with Crippen LogP contribution >= 0.6 is 0 Å². The third-order valence-corrected chi connectivity index (χ3v) is 2.96.